The van der Waals surface area contributed by atoms with E-state index in [2.05, 4.69) is 26.2 Å². The van der Waals surface area contributed by atoms with E-state index in [0.29, 0.717) is 10.2 Å². The number of rotatable bonds is 5. The number of nitrogens with zero attached hydrogens (tertiary/aromatic N) is 1. The van der Waals surface area contributed by atoms with Crippen LogP contribution in [0.15, 0.2) is 45.7 Å². The van der Waals surface area contributed by atoms with Gasteiger partial charge in [-0.15, -0.1) is 0 Å². The zero-order chi connectivity index (χ0) is 15.2. The van der Waals surface area contributed by atoms with E-state index < -0.39 is 11.9 Å². The number of esters is 1. The van der Waals surface area contributed by atoms with Crippen molar-refractivity contribution in [1.82, 2.24) is 10.3 Å². The first-order valence-corrected chi connectivity index (χ1v) is 6.96. The quantitative estimate of drug-likeness (QED) is 0.836. The molecule has 1 atom stereocenters. The van der Waals surface area contributed by atoms with Gasteiger partial charge in [0.15, 0.2) is 6.61 Å². The van der Waals surface area contributed by atoms with E-state index in [4.69, 9.17) is 9.15 Å². The molecule has 0 aliphatic rings. The lowest BCUT2D eigenvalue weighted by atomic mass is 10.2. The predicted octanol–water partition coefficient (Wildman–Crippen LogP) is 2.47. The lowest BCUT2D eigenvalue weighted by molar-refractivity contribution is -0.125. The Morgan fingerprint density at radius 3 is 2.95 bits per heavy atom. The Balaban J connectivity index is 1.82. The largest absolute Gasteiger partial charge is 0.467 e. The molecule has 110 valence electrons. The highest BCUT2D eigenvalue weighted by Crippen LogP contribution is 2.12. The summed E-state index contributed by atoms with van der Waals surface area (Å²) < 4.78 is 10.7. The molecule has 0 saturated carbocycles. The minimum absolute atomic E-state index is 0.274. The Bertz CT molecular complexity index is 628. The van der Waals surface area contributed by atoms with Gasteiger partial charge in [0.2, 0.25) is 0 Å². The number of furan rings is 1. The zero-order valence-electron chi connectivity index (χ0n) is 11.2. The molecule has 0 radical (unpaired) electrons. The van der Waals surface area contributed by atoms with Gasteiger partial charge in [-0.2, -0.15) is 0 Å². The van der Waals surface area contributed by atoms with Crippen molar-refractivity contribution in [1.29, 1.82) is 0 Å². The van der Waals surface area contributed by atoms with Gasteiger partial charge >= 0.3 is 5.97 Å². The molecule has 2 aromatic rings. The lowest BCUT2D eigenvalue weighted by Gasteiger charge is -2.11. The van der Waals surface area contributed by atoms with Crippen LogP contribution < -0.4 is 5.32 Å². The van der Waals surface area contributed by atoms with Crippen LogP contribution in [0.4, 0.5) is 0 Å². The van der Waals surface area contributed by atoms with Gasteiger partial charge in [-0.3, -0.25) is 9.78 Å². The number of carbonyl (C=O) groups excluding carboxylic acids is 2. The van der Waals surface area contributed by atoms with Crippen LogP contribution in [0.1, 0.15) is 29.1 Å². The fourth-order valence-corrected chi connectivity index (χ4v) is 1.99. The van der Waals surface area contributed by atoms with Crippen LogP contribution in [0.5, 0.6) is 0 Å². The first-order valence-electron chi connectivity index (χ1n) is 6.16. The summed E-state index contributed by atoms with van der Waals surface area (Å²) in [6, 6.07) is 4.76. The highest BCUT2D eigenvalue weighted by Gasteiger charge is 2.14. The second-order valence-electron chi connectivity index (χ2n) is 4.27. The van der Waals surface area contributed by atoms with Crippen LogP contribution in [0.3, 0.4) is 0 Å². The van der Waals surface area contributed by atoms with Gasteiger partial charge in [0, 0.05) is 16.9 Å². The van der Waals surface area contributed by atoms with Gasteiger partial charge in [0.1, 0.15) is 5.76 Å². The second kappa shape index (κ2) is 7.03. The summed E-state index contributed by atoms with van der Waals surface area (Å²) in [5.74, 6) is -0.384. The van der Waals surface area contributed by atoms with Crippen molar-refractivity contribution in [2.24, 2.45) is 0 Å². The molecule has 0 aliphatic heterocycles. The first-order chi connectivity index (χ1) is 10.1. The van der Waals surface area contributed by atoms with Gasteiger partial charge in [-0.05, 0) is 41.1 Å². The average Bonchev–Trinajstić information content (AvgIpc) is 2.99. The van der Waals surface area contributed by atoms with Gasteiger partial charge in [-0.25, -0.2) is 4.79 Å². The van der Waals surface area contributed by atoms with Crippen molar-refractivity contribution in [3.8, 4) is 0 Å². The summed E-state index contributed by atoms with van der Waals surface area (Å²) in [6.45, 7) is 1.41. The molecule has 21 heavy (non-hydrogen) atoms. The van der Waals surface area contributed by atoms with Gasteiger partial charge in [-0.1, -0.05) is 0 Å². The minimum atomic E-state index is -0.607. The number of hydrogen-bond donors (Lipinski definition) is 1. The van der Waals surface area contributed by atoms with E-state index in [1.54, 1.807) is 31.3 Å². The third-order valence-corrected chi connectivity index (χ3v) is 3.06. The Morgan fingerprint density at radius 2 is 2.29 bits per heavy atom. The maximum absolute atomic E-state index is 11.7. The maximum atomic E-state index is 11.7. The van der Waals surface area contributed by atoms with Gasteiger partial charge < -0.3 is 14.5 Å². The van der Waals surface area contributed by atoms with Crippen molar-refractivity contribution < 1.29 is 18.7 Å². The van der Waals surface area contributed by atoms with E-state index in [1.807, 2.05) is 0 Å². The summed E-state index contributed by atoms with van der Waals surface area (Å²) >= 11 is 3.21. The lowest BCUT2D eigenvalue weighted by Crippen LogP contribution is -2.31. The fourth-order valence-electron chi connectivity index (χ4n) is 1.63. The molecule has 2 heterocycles. The average molecular weight is 353 g/mol. The van der Waals surface area contributed by atoms with Crippen LogP contribution >= 0.6 is 15.9 Å². The van der Waals surface area contributed by atoms with E-state index in [1.165, 1.54) is 12.5 Å². The number of ether oxygens (including phenoxy) is 1. The molecule has 0 unspecified atom stereocenters. The maximum Gasteiger partial charge on any atom is 0.340 e. The van der Waals surface area contributed by atoms with Crippen molar-refractivity contribution in [3.05, 3.63) is 52.7 Å². The van der Waals surface area contributed by atoms with Crippen LogP contribution in [0, 0.1) is 0 Å². The number of aromatic nitrogens is 1. The summed E-state index contributed by atoms with van der Waals surface area (Å²) in [7, 11) is 0. The van der Waals surface area contributed by atoms with Crippen molar-refractivity contribution in [2.45, 2.75) is 13.0 Å². The summed E-state index contributed by atoms with van der Waals surface area (Å²) in [5.41, 5.74) is 0.274. The summed E-state index contributed by atoms with van der Waals surface area (Å²) in [6.07, 6.45) is 4.45. The van der Waals surface area contributed by atoms with Crippen molar-refractivity contribution in [3.63, 3.8) is 0 Å². The third-order valence-electron chi connectivity index (χ3n) is 2.62. The number of carbonyl (C=O) groups is 2. The standard InChI is InChI=1S/C14H13BrN2O4/c1-9(12-3-2-4-20-12)17-13(18)8-21-14(19)10-5-11(15)7-16-6-10/h2-7,9H,8H2,1H3,(H,17,18)/t9-/m0/s1. The normalized spacial score (nSPS) is 11.7. The topological polar surface area (TPSA) is 81.4 Å². The van der Waals surface area contributed by atoms with Gasteiger partial charge in [0.05, 0.1) is 17.9 Å². The first kappa shape index (κ1) is 15.2. The molecule has 0 spiro atoms. The molecule has 0 saturated heterocycles. The monoisotopic (exact) mass is 352 g/mol. The fraction of sp³-hybridized carbons (Fsp3) is 0.214. The summed E-state index contributed by atoms with van der Waals surface area (Å²) in [4.78, 5) is 27.3. The molecule has 1 N–H and O–H groups in total. The minimum Gasteiger partial charge on any atom is -0.467 e. The molecule has 2 aromatic heterocycles. The molecular weight excluding hydrogens is 340 g/mol. The van der Waals surface area contributed by atoms with Gasteiger partial charge in [0.25, 0.3) is 5.91 Å². The molecule has 0 aliphatic carbocycles. The predicted molar refractivity (Wildman–Crippen MR) is 77.5 cm³/mol. The second-order valence-corrected chi connectivity index (χ2v) is 5.19. The number of halogens is 1. The Kier molecular flexibility index (Phi) is 5.10. The molecule has 1 amide bonds. The van der Waals surface area contributed by atoms with E-state index >= 15 is 0 Å². The summed E-state index contributed by atoms with van der Waals surface area (Å²) in [5, 5.41) is 2.67. The Morgan fingerprint density at radius 1 is 1.48 bits per heavy atom. The Hall–Kier alpha value is -2.15. The molecule has 2 rings (SSSR count). The number of hydrogen-bond acceptors (Lipinski definition) is 5. The molecule has 0 aromatic carbocycles. The molecule has 6 nitrogen and oxygen atoms in total. The zero-order valence-corrected chi connectivity index (χ0v) is 12.8. The van der Waals surface area contributed by atoms with Crippen molar-refractivity contribution in [2.75, 3.05) is 6.61 Å². The van der Waals surface area contributed by atoms with E-state index in [0.717, 1.165) is 0 Å². The van der Waals surface area contributed by atoms with Crippen LogP contribution in [0.25, 0.3) is 0 Å². The highest BCUT2D eigenvalue weighted by atomic mass is 79.9. The third kappa shape index (κ3) is 4.42. The smallest absolute Gasteiger partial charge is 0.340 e. The highest BCUT2D eigenvalue weighted by molar-refractivity contribution is 9.10. The molecule has 0 bridgehead atoms. The number of amides is 1. The number of nitrogens with one attached hydrogen (secondary N) is 1. The number of pyridine rings is 1. The molecular formula is C14H13BrN2O4. The SMILES string of the molecule is C[C@H](NC(=O)COC(=O)c1cncc(Br)c1)c1ccco1. The van der Waals surface area contributed by atoms with E-state index in [-0.39, 0.29) is 18.2 Å². The van der Waals surface area contributed by atoms with E-state index in [9.17, 15) is 9.59 Å². The van der Waals surface area contributed by atoms with Crippen LogP contribution in [-0.4, -0.2) is 23.5 Å². The molecule has 0 fully saturated rings. The molecule has 7 heteroatoms. The van der Waals surface area contributed by atoms with Crippen molar-refractivity contribution >= 4 is 27.8 Å². The Labute approximate surface area is 129 Å². The van der Waals surface area contributed by atoms with Crippen LogP contribution in [-0.2, 0) is 9.53 Å². The van der Waals surface area contributed by atoms with Crippen LogP contribution in [0.2, 0.25) is 0 Å².